The third-order valence-electron chi connectivity index (χ3n) is 1.95. The molecule has 2 rings (SSSR count). The zero-order chi connectivity index (χ0) is 13.1. The highest BCUT2D eigenvalue weighted by Gasteiger charge is 2.11. The van der Waals surface area contributed by atoms with Crippen LogP contribution in [0, 0.1) is 11.6 Å². The van der Waals surface area contributed by atoms with Crippen molar-refractivity contribution < 1.29 is 23.4 Å². The van der Waals surface area contributed by atoms with Crippen LogP contribution in [0.3, 0.4) is 0 Å². The molecule has 0 saturated carbocycles. The topological polar surface area (TPSA) is 72.3 Å². The average Bonchev–Trinajstić information content (AvgIpc) is 2.34. The van der Waals surface area contributed by atoms with Gasteiger partial charge in [-0.3, -0.25) is 0 Å². The quantitative estimate of drug-likeness (QED) is 0.906. The number of ether oxygens (including phenoxy) is 1. The molecule has 0 unspecified atom stereocenters. The van der Waals surface area contributed by atoms with Gasteiger partial charge >= 0.3 is 12.0 Å². The minimum Gasteiger partial charge on any atom is -0.477 e. The van der Waals surface area contributed by atoms with Crippen molar-refractivity contribution in [3.63, 3.8) is 0 Å². The third kappa shape index (κ3) is 2.57. The molecule has 7 heteroatoms. The van der Waals surface area contributed by atoms with E-state index in [-0.39, 0.29) is 11.7 Å². The molecule has 92 valence electrons. The van der Waals surface area contributed by atoms with Gasteiger partial charge in [0, 0.05) is 12.3 Å². The second-order valence-corrected chi connectivity index (χ2v) is 3.21. The monoisotopic (exact) mass is 252 g/mol. The van der Waals surface area contributed by atoms with Crippen LogP contribution in [0.15, 0.2) is 30.5 Å². The Bertz CT molecular complexity index is 605. The Morgan fingerprint density at radius 2 is 2.06 bits per heavy atom. The maximum absolute atomic E-state index is 13.3. The van der Waals surface area contributed by atoms with E-state index in [1.165, 1.54) is 0 Å². The molecule has 0 amide bonds. The molecular weight excluding hydrogens is 246 g/mol. The van der Waals surface area contributed by atoms with Crippen LogP contribution in [0.4, 0.5) is 8.78 Å². The highest BCUT2D eigenvalue weighted by atomic mass is 19.1. The average molecular weight is 252 g/mol. The summed E-state index contributed by atoms with van der Waals surface area (Å²) < 4.78 is 31.0. The molecule has 5 nitrogen and oxygen atoms in total. The number of hydrogen-bond donors (Lipinski definition) is 1. The molecule has 1 aromatic carbocycles. The van der Waals surface area contributed by atoms with Gasteiger partial charge in [-0.1, -0.05) is 0 Å². The Labute approximate surface area is 99.7 Å². The van der Waals surface area contributed by atoms with Crippen LogP contribution < -0.4 is 4.74 Å². The first-order chi connectivity index (χ1) is 8.56. The lowest BCUT2D eigenvalue weighted by atomic mass is 10.3. The lowest BCUT2D eigenvalue weighted by Crippen LogP contribution is -2.03. The van der Waals surface area contributed by atoms with Crippen molar-refractivity contribution in [2.45, 2.75) is 0 Å². The van der Waals surface area contributed by atoms with Gasteiger partial charge < -0.3 is 9.84 Å². The molecule has 2 aromatic rings. The molecule has 1 N–H and O–H groups in total. The van der Waals surface area contributed by atoms with E-state index in [2.05, 4.69) is 9.97 Å². The predicted molar refractivity (Wildman–Crippen MR) is 55.4 cm³/mol. The van der Waals surface area contributed by atoms with Crippen molar-refractivity contribution in [2.75, 3.05) is 0 Å². The number of rotatable bonds is 3. The molecule has 1 heterocycles. The van der Waals surface area contributed by atoms with Gasteiger partial charge in [0.2, 0.25) is 0 Å². The fourth-order valence-electron chi connectivity index (χ4n) is 1.16. The lowest BCUT2D eigenvalue weighted by Gasteiger charge is -2.05. The minimum absolute atomic E-state index is 0.309. The first kappa shape index (κ1) is 11.9. The Hall–Kier alpha value is -2.57. The summed E-state index contributed by atoms with van der Waals surface area (Å²) in [6.07, 6.45) is 1.14. The van der Waals surface area contributed by atoms with Gasteiger partial charge in [0.15, 0.2) is 17.3 Å². The van der Waals surface area contributed by atoms with Gasteiger partial charge in [0.1, 0.15) is 5.82 Å². The van der Waals surface area contributed by atoms with Gasteiger partial charge in [-0.15, -0.1) is 0 Å². The van der Waals surface area contributed by atoms with Crippen molar-refractivity contribution >= 4 is 5.97 Å². The van der Waals surface area contributed by atoms with Crippen molar-refractivity contribution in [3.8, 4) is 11.8 Å². The Morgan fingerprint density at radius 1 is 1.28 bits per heavy atom. The first-order valence-electron chi connectivity index (χ1n) is 4.75. The van der Waals surface area contributed by atoms with Gasteiger partial charge in [0.05, 0.1) is 0 Å². The molecular formula is C11H6F2N2O3. The number of carbonyl (C=O) groups is 1. The second kappa shape index (κ2) is 4.74. The van der Waals surface area contributed by atoms with Gasteiger partial charge in [-0.2, -0.15) is 4.98 Å². The molecule has 0 aliphatic heterocycles. The third-order valence-corrected chi connectivity index (χ3v) is 1.95. The van der Waals surface area contributed by atoms with Crippen LogP contribution in [0.5, 0.6) is 11.8 Å². The number of aromatic carboxylic acids is 1. The van der Waals surface area contributed by atoms with Crippen molar-refractivity contribution in [3.05, 3.63) is 47.8 Å². The van der Waals surface area contributed by atoms with Gasteiger partial charge in [0.25, 0.3) is 0 Å². The number of hydrogen-bond acceptors (Lipinski definition) is 4. The molecule has 0 aliphatic rings. The summed E-state index contributed by atoms with van der Waals surface area (Å²) in [6.45, 7) is 0. The molecule has 0 atom stereocenters. The Morgan fingerprint density at radius 3 is 2.78 bits per heavy atom. The predicted octanol–water partition coefficient (Wildman–Crippen LogP) is 2.25. The molecule has 0 aliphatic carbocycles. The summed E-state index contributed by atoms with van der Waals surface area (Å²) in [4.78, 5) is 17.8. The molecule has 0 saturated heterocycles. The molecule has 0 radical (unpaired) electrons. The number of benzene rings is 1. The van der Waals surface area contributed by atoms with Crippen LogP contribution in [-0.2, 0) is 0 Å². The van der Waals surface area contributed by atoms with Crippen molar-refractivity contribution in [1.29, 1.82) is 0 Å². The SMILES string of the molecule is O=C(O)c1ccnc(Oc2cc(F)ccc2F)n1. The van der Waals surface area contributed by atoms with Crippen LogP contribution in [0.25, 0.3) is 0 Å². The molecule has 0 fully saturated rings. The molecule has 0 spiro atoms. The van der Waals surface area contributed by atoms with Crippen molar-refractivity contribution in [1.82, 2.24) is 9.97 Å². The largest absolute Gasteiger partial charge is 0.477 e. The zero-order valence-corrected chi connectivity index (χ0v) is 8.80. The number of carboxylic acids is 1. The summed E-state index contributed by atoms with van der Waals surface area (Å²) in [6, 6.07) is 3.39. The molecule has 0 bridgehead atoms. The van der Waals surface area contributed by atoms with Crippen molar-refractivity contribution in [2.24, 2.45) is 0 Å². The molecule has 18 heavy (non-hydrogen) atoms. The Balaban J connectivity index is 2.31. The maximum Gasteiger partial charge on any atom is 0.354 e. The zero-order valence-electron chi connectivity index (χ0n) is 8.80. The highest BCUT2D eigenvalue weighted by molar-refractivity contribution is 5.85. The van der Waals surface area contributed by atoms with E-state index >= 15 is 0 Å². The highest BCUT2D eigenvalue weighted by Crippen LogP contribution is 2.22. The first-order valence-corrected chi connectivity index (χ1v) is 4.75. The summed E-state index contributed by atoms with van der Waals surface area (Å²) >= 11 is 0. The van der Waals surface area contributed by atoms with Gasteiger partial charge in [-0.25, -0.2) is 18.6 Å². The normalized spacial score (nSPS) is 10.1. The van der Waals surface area contributed by atoms with E-state index in [9.17, 15) is 13.6 Å². The molecule has 1 aromatic heterocycles. The van der Waals surface area contributed by atoms with Crippen LogP contribution in [-0.4, -0.2) is 21.0 Å². The minimum atomic E-state index is -1.28. The summed E-state index contributed by atoms with van der Waals surface area (Å²) in [5.74, 6) is -3.19. The van der Waals surface area contributed by atoms with E-state index in [1.807, 2.05) is 0 Å². The number of nitrogens with zero attached hydrogens (tertiary/aromatic N) is 2. The van der Waals surface area contributed by atoms with E-state index in [0.717, 1.165) is 30.5 Å². The summed E-state index contributed by atoms with van der Waals surface area (Å²) in [5, 5.41) is 8.69. The maximum atomic E-state index is 13.3. The lowest BCUT2D eigenvalue weighted by molar-refractivity contribution is 0.0689. The van der Waals surface area contributed by atoms with Crippen LogP contribution in [0.1, 0.15) is 10.5 Å². The number of carboxylic acid groups (broad SMARTS) is 1. The smallest absolute Gasteiger partial charge is 0.354 e. The summed E-state index contributed by atoms with van der Waals surface area (Å²) in [5.41, 5.74) is -0.309. The van der Waals surface area contributed by atoms with E-state index in [1.54, 1.807) is 0 Å². The van der Waals surface area contributed by atoms with E-state index < -0.39 is 23.4 Å². The second-order valence-electron chi connectivity index (χ2n) is 3.21. The van der Waals surface area contributed by atoms with Gasteiger partial charge in [-0.05, 0) is 18.2 Å². The van der Waals surface area contributed by atoms with Crippen LogP contribution in [0.2, 0.25) is 0 Å². The number of halogens is 2. The summed E-state index contributed by atoms with van der Waals surface area (Å²) in [7, 11) is 0. The fourth-order valence-corrected chi connectivity index (χ4v) is 1.16. The van der Waals surface area contributed by atoms with E-state index in [0.29, 0.717) is 0 Å². The van der Waals surface area contributed by atoms with Crippen LogP contribution >= 0.6 is 0 Å². The number of aromatic nitrogens is 2. The standard InChI is InChI=1S/C11H6F2N2O3/c12-6-1-2-7(13)9(5-6)18-11-14-4-3-8(15-11)10(16)17/h1-5H,(H,16,17). The van der Waals surface area contributed by atoms with E-state index in [4.69, 9.17) is 9.84 Å². The Kier molecular flexibility index (Phi) is 3.13. The fraction of sp³-hybridized carbons (Fsp3) is 0.